The first-order chi connectivity index (χ1) is 9.11. The summed E-state index contributed by atoms with van der Waals surface area (Å²) in [5, 5.41) is 8.96. The van der Waals surface area contributed by atoms with Crippen LogP contribution in [0.1, 0.15) is 31.7 Å². The van der Waals surface area contributed by atoms with Gasteiger partial charge >= 0.3 is 5.97 Å². The zero-order valence-electron chi connectivity index (χ0n) is 11.1. The molecule has 0 aliphatic carbocycles. The number of aryl methyl sites for hydroxylation is 1. The van der Waals surface area contributed by atoms with Gasteiger partial charge in [-0.3, -0.25) is 9.59 Å². The summed E-state index contributed by atoms with van der Waals surface area (Å²) in [7, 11) is 0. The summed E-state index contributed by atoms with van der Waals surface area (Å²) in [6.45, 7) is 2.44. The fourth-order valence-corrected chi connectivity index (χ4v) is 2.35. The summed E-state index contributed by atoms with van der Waals surface area (Å²) in [4.78, 5) is 24.3. The van der Waals surface area contributed by atoms with Crippen LogP contribution in [-0.4, -0.2) is 23.5 Å². The number of hydrogen-bond donors (Lipinski definition) is 1. The van der Waals surface area contributed by atoms with E-state index in [2.05, 4.69) is 6.92 Å². The van der Waals surface area contributed by atoms with Crippen molar-refractivity contribution < 1.29 is 14.7 Å². The van der Waals surface area contributed by atoms with Crippen LogP contribution in [0.4, 0.5) is 5.69 Å². The normalized spacial score (nSPS) is 18.9. The van der Waals surface area contributed by atoms with Crippen LogP contribution in [0, 0.1) is 5.92 Å². The van der Waals surface area contributed by atoms with Crippen LogP contribution in [0.3, 0.4) is 0 Å². The van der Waals surface area contributed by atoms with E-state index >= 15 is 0 Å². The Morgan fingerprint density at radius 1 is 1.37 bits per heavy atom. The van der Waals surface area contributed by atoms with Gasteiger partial charge in [0.1, 0.15) is 0 Å². The van der Waals surface area contributed by atoms with Gasteiger partial charge in [-0.05, 0) is 30.5 Å². The van der Waals surface area contributed by atoms with E-state index in [1.54, 1.807) is 4.90 Å². The third kappa shape index (κ3) is 3.13. The fraction of sp³-hybridized carbons (Fsp3) is 0.467. The molecule has 1 saturated heterocycles. The summed E-state index contributed by atoms with van der Waals surface area (Å²) >= 11 is 0. The molecule has 19 heavy (non-hydrogen) atoms. The van der Waals surface area contributed by atoms with Gasteiger partial charge in [0.25, 0.3) is 0 Å². The first kappa shape index (κ1) is 13.6. The standard InChI is InChI=1S/C15H19NO3/c1-2-3-4-11-5-7-13(8-6-11)16-10-12(15(18)19)9-14(16)17/h5-8,12H,2-4,9-10H2,1H3,(H,18,19)/t12-/m1/s1. The summed E-state index contributed by atoms with van der Waals surface area (Å²) in [5.41, 5.74) is 2.06. The van der Waals surface area contributed by atoms with E-state index in [0.717, 1.165) is 24.9 Å². The first-order valence-electron chi connectivity index (χ1n) is 6.74. The second-order valence-electron chi connectivity index (χ2n) is 5.01. The third-order valence-electron chi connectivity index (χ3n) is 3.54. The number of aliphatic carboxylic acids is 1. The summed E-state index contributed by atoms with van der Waals surface area (Å²) in [6.07, 6.45) is 3.46. The quantitative estimate of drug-likeness (QED) is 0.885. The van der Waals surface area contributed by atoms with Crippen LogP contribution < -0.4 is 4.90 Å². The summed E-state index contributed by atoms with van der Waals surface area (Å²) < 4.78 is 0. The Bertz CT molecular complexity index is 467. The highest BCUT2D eigenvalue weighted by atomic mass is 16.4. The van der Waals surface area contributed by atoms with Crippen LogP contribution >= 0.6 is 0 Å². The Morgan fingerprint density at radius 2 is 2.05 bits per heavy atom. The Hall–Kier alpha value is -1.84. The number of nitrogens with zero attached hydrogens (tertiary/aromatic N) is 1. The number of carboxylic acids is 1. The van der Waals surface area contributed by atoms with E-state index in [1.807, 2.05) is 24.3 Å². The molecule has 1 aliphatic rings. The number of carbonyl (C=O) groups is 2. The van der Waals surface area contributed by atoms with Gasteiger partial charge in [-0.2, -0.15) is 0 Å². The maximum Gasteiger partial charge on any atom is 0.308 e. The van der Waals surface area contributed by atoms with Gasteiger partial charge in [-0.25, -0.2) is 0 Å². The molecule has 4 nitrogen and oxygen atoms in total. The average molecular weight is 261 g/mol. The van der Waals surface area contributed by atoms with E-state index in [9.17, 15) is 9.59 Å². The lowest BCUT2D eigenvalue weighted by Gasteiger charge is -2.16. The molecule has 1 atom stereocenters. The Balaban J connectivity index is 2.06. The second kappa shape index (κ2) is 5.87. The molecule has 0 saturated carbocycles. The first-order valence-corrected chi connectivity index (χ1v) is 6.74. The number of unbranched alkanes of at least 4 members (excludes halogenated alkanes) is 1. The highest BCUT2D eigenvalue weighted by molar-refractivity contribution is 5.99. The highest BCUT2D eigenvalue weighted by Gasteiger charge is 2.34. The topological polar surface area (TPSA) is 57.6 Å². The van der Waals surface area contributed by atoms with Gasteiger partial charge in [0.15, 0.2) is 0 Å². The van der Waals surface area contributed by atoms with E-state index in [0.29, 0.717) is 0 Å². The highest BCUT2D eigenvalue weighted by Crippen LogP contribution is 2.25. The average Bonchev–Trinajstić information content (AvgIpc) is 2.79. The number of hydrogen-bond acceptors (Lipinski definition) is 2. The molecule has 1 aliphatic heterocycles. The molecular weight excluding hydrogens is 242 g/mol. The molecule has 0 radical (unpaired) electrons. The van der Waals surface area contributed by atoms with Crippen LogP contribution in [0.5, 0.6) is 0 Å². The van der Waals surface area contributed by atoms with Crippen molar-refractivity contribution in [3.63, 3.8) is 0 Å². The van der Waals surface area contributed by atoms with Crippen LogP contribution in [0.2, 0.25) is 0 Å². The number of carboxylic acid groups (broad SMARTS) is 1. The van der Waals surface area contributed by atoms with Crippen molar-refractivity contribution in [2.45, 2.75) is 32.6 Å². The van der Waals surface area contributed by atoms with Crippen molar-refractivity contribution in [1.82, 2.24) is 0 Å². The lowest BCUT2D eigenvalue weighted by Crippen LogP contribution is -2.25. The van der Waals surface area contributed by atoms with E-state index in [-0.39, 0.29) is 18.9 Å². The second-order valence-corrected chi connectivity index (χ2v) is 5.01. The SMILES string of the molecule is CCCCc1ccc(N2C[C@H](C(=O)O)CC2=O)cc1. The fourth-order valence-electron chi connectivity index (χ4n) is 2.35. The maximum absolute atomic E-state index is 11.8. The lowest BCUT2D eigenvalue weighted by atomic mass is 10.1. The van der Waals surface area contributed by atoms with Crippen molar-refractivity contribution in [2.24, 2.45) is 5.92 Å². The number of rotatable bonds is 5. The van der Waals surface area contributed by atoms with Crippen molar-refractivity contribution >= 4 is 17.6 Å². The summed E-state index contributed by atoms with van der Waals surface area (Å²) in [6, 6.07) is 7.86. The van der Waals surface area contributed by atoms with Crippen molar-refractivity contribution in [2.75, 3.05) is 11.4 Å². The van der Waals surface area contributed by atoms with Crippen LogP contribution in [-0.2, 0) is 16.0 Å². The van der Waals surface area contributed by atoms with E-state index < -0.39 is 11.9 Å². The number of amides is 1. The zero-order valence-corrected chi connectivity index (χ0v) is 11.1. The minimum absolute atomic E-state index is 0.103. The molecule has 2 rings (SSSR count). The largest absolute Gasteiger partial charge is 0.481 e. The third-order valence-corrected chi connectivity index (χ3v) is 3.54. The molecule has 1 aromatic rings. The zero-order chi connectivity index (χ0) is 13.8. The summed E-state index contributed by atoms with van der Waals surface area (Å²) in [5.74, 6) is -1.57. The molecule has 0 aromatic heterocycles. The molecule has 1 amide bonds. The number of anilines is 1. The molecule has 1 fully saturated rings. The minimum atomic E-state index is -0.893. The molecule has 0 bridgehead atoms. The van der Waals surface area contributed by atoms with Gasteiger partial charge < -0.3 is 10.0 Å². The molecule has 4 heteroatoms. The molecular formula is C15H19NO3. The van der Waals surface area contributed by atoms with E-state index in [1.165, 1.54) is 5.56 Å². The van der Waals surface area contributed by atoms with Gasteiger partial charge in [0, 0.05) is 18.7 Å². The van der Waals surface area contributed by atoms with Crippen molar-refractivity contribution in [3.8, 4) is 0 Å². The molecule has 0 spiro atoms. The van der Waals surface area contributed by atoms with Gasteiger partial charge in [0.2, 0.25) is 5.91 Å². The molecule has 0 unspecified atom stereocenters. The van der Waals surface area contributed by atoms with Crippen LogP contribution in [0.25, 0.3) is 0 Å². The van der Waals surface area contributed by atoms with Crippen molar-refractivity contribution in [3.05, 3.63) is 29.8 Å². The predicted molar refractivity (Wildman–Crippen MR) is 73.1 cm³/mol. The monoisotopic (exact) mass is 261 g/mol. The maximum atomic E-state index is 11.8. The number of benzene rings is 1. The Labute approximate surface area is 113 Å². The molecule has 102 valence electrons. The molecule has 1 aromatic carbocycles. The van der Waals surface area contributed by atoms with E-state index in [4.69, 9.17) is 5.11 Å². The minimum Gasteiger partial charge on any atom is -0.481 e. The van der Waals surface area contributed by atoms with Gasteiger partial charge in [-0.1, -0.05) is 25.5 Å². The Morgan fingerprint density at radius 3 is 2.58 bits per heavy atom. The van der Waals surface area contributed by atoms with Gasteiger partial charge in [0.05, 0.1) is 5.92 Å². The Kier molecular flexibility index (Phi) is 4.20. The lowest BCUT2D eigenvalue weighted by molar-refractivity contribution is -0.141. The molecule has 1 N–H and O–H groups in total. The van der Waals surface area contributed by atoms with Crippen LogP contribution in [0.15, 0.2) is 24.3 Å². The van der Waals surface area contributed by atoms with Crippen molar-refractivity contribution in [1.29, 1.82) is 0 Å². The molecule has 1 heterocycles. The number of carbonyl (C=O) groups excluding carboxylic acids is 1. The smallest absolute Gasteiger partial charge is 0.308 e. The predicted octanol–water partition coefficient (Wildman–Crippen LogP) is 2.47. The van der Waals surface area contributed by atoms with Gasteiger partial charge in [-0.15, -0.1) is 0 Å².